The fourth-order valence-electron chi connectivity index (χ4n) is 3.91. The zero-order valence-electron chi connectivity index (χ0n) is 21.6. The van der Waals surface area contributed by atoms with Gasteiger partial charge in [-0.05, 0) is 32.1 Å². The second-order valence-corrected chi connectivity index (χ2v) is 8.94. The SMILES string of the molecule is CCCCOC1C(O)C(OCCCC)C(OCCCC)C(OCCCC)C1OCCCC. The molecule has 6 nitrogen and oxygen atoms in total. The highest BCUT2D eigenvalue weighted by molar-refractivity contribution is 5.03. The second kappa shape index (κ2) is 19.1. The smallest absolute Gasteiger partial charge is 0.115 e. The molecule has 0 amide bonds. The Morgan fingerprint density at radius 2 is 0.625 bits per heavy atom. The quantitative estimate of drug-likeness (QED) is 0.249. The van der Waals surface area contributed by atoms with E-state index >= 15 is 0 Å². The lowest BCUT2D eigenvalue weighted by Crippen LogP contribution is -2.67. The van der Waals surface area contributed by atoms with Crippen molar-refractivity contribution in [1.82, 2.24) is 0 Å². The molecular formula is C26H52O6. The van der Waals surface area contributed by atoms with Crippen molar-refractivity contribution >= 4 is 0 Å². The van der Waals surface area contributed by atoms with Crippen LogP contribution in [0.5, 0.6) is 0 Å². The molecule has 0 saturated heterocycles. The summed E-state index contributed by atoms with van der Waals surface area (Å²) in [6.07, 6.45) is 7.21. The van der Waals surface area contributed by atoms with Gasteiger partial charge in [0.1, 0.15) is 36.6 Å². The van der Waals surface area contributed by atoms with Gasteiger partial charge in [-0.1, -0.05) is 66.7 Å². The van der Waals surface area contributed by atoms with Crippen LogP contribution in [0.15, 0.2) is 0 Å². The monoisotopic (exact) mass is 460 g/mol. The van der Waals surface area contributed by atoms with Crippen LogP contribution in [-0.4, -0.2) is 74.8 Å². The van der Waals surface area contributed by atoms with Crippen LogP contribution < -0.4 is 0 Å². The maximum absolute atomic E-state index is 11.4. The Bertz CT molecular complexity index is 389. The van der Waals surface area contributed by atoms with E-state index in [1.54, 1.807) is 0 Å². The van der Waals surface area contributed by atoms with Gasteiger partial charge in [0.2, 0.25) is 0 Å². The maximum atomic E-state index is 11.4. The Balaban J connectivity index is 3.16. The Hall–Kier alpha value is -0.240. The average molecular weight is 461 g/mol. The number of unbranched alkanes of at least 4 members (excludes halogenated alkanes) is 5. The van der Waals surface area contributed by atoms with Gasteiger partial charge in [-0.25, -0.2) is 0 Å². The first kappa shape index (κ1) is 29.8. The molecule has 0 aromatic rings. The van der Waals surface area contributed by atoms with E-state index in [1.807, 2.05) is 0 Å². The molecule has 1 rings (SSSR count). The van der Waals surface area contributed by atoms with Crippen molar-refractivity contribution in [2.45, 2.75) is 135 Å². The Morgan fingerprint density at radius 1 is 0.406 bits per heavy atom. The summed E-state index contributed by atoms with van der Waals surface area (Å²) in [6.45, 7) is 13.8. The van der Waals surface area contributed by atoms with Gasteiger partial charge in [0.05, 0.1) is 0 Å². The normalized spacial score (nSPS) is 28.3. The van der Waals surface area contributed by atoms with Crippen molar-refractivity contribution in [2.75, 3.05) is 33.0 Å². The van der Waals surface area contributed by atoms with Gasteiger partial charge in [-0.15, -0.1) is 0 Å². The third-order valence-electron chi connectivity index (χ3n) is 6.01. The van der Waals surface area contributed by atoms with E-state index in [1.165, 1.54) is 0 Å². The summed E-state index contributed by atoms with van der Waals surface area (Å²) in [5, 5.41) is 11.4. The first-order valence-corrected chi connectivity index (χ1v) is 13.4. The number of rotatable bonds is 20. The fraction of sp³-hybridized carbons (Fsp3) is 1.00. The van der Waals surface area contributed by atoms with Gasteiger partial charge >= 0.3 is 0 Å². The molecular weight excluding hydrogens is 408 g/mol. The maximum Gasteiger partial charge on any atom is 0.115 e. The highest BCUT2D eigenvalue weighted by atomic mass is 16.6. The van der Waals surface area contributed by atoms with E-state index in [-0.39, 0.29) is 18.3 Å². The van der Waals surface area contributed by atoms with Crippen LogP contribution >= 0.6 is 0 Å². The zero-order chi connectivity index (χ0) is 23.6. The summed E-state index contributed by atoms with van der Waals surface area (Å²) in [5.74, 6) is 0. The molecule has 1 fully saturated rings. The largest absolute Gasteiger partial charge is 0.387 e. The number of aliphatic hydroxyl groups excluding tert-OH is 1. The first-order chi connectivity index (χ1) is 15.7. The van der Waals surface area contributed by atoms with E-state index in [0.717, 1.165) is 64.2 Å². The molecule has 1 N–H and O–H groups in total. The average Bonchev–Trinajstić information content (AvgIpc) is 2.79. The van der Waals surface area contributed by atoms with Crippen LogP contribution in [0.2, 0.25) is 0 Å². The molecule has 192 valence electrons. The van der Waals surface area contributed by atoms with Gasteiger partial charge in [-0.3, -0.25) is 0 Å². The topological polar surface area (TPSA) is 66.4 Å². The van der Waals surface area contributed by atoms with Crippen molar-refractivity contribution < 1.29 is 28.8 Å². The zero-order valence-corrected chi connectivity index (χ0v) is 21.6. The molecule has 4 atom stereocenters. The van der Waals surface area contributed by atoms with E-state index in [9.17, 15) is 5.11 Å². The number of hydrogen-bond acceptors (Lipinski definition) is 6. The molecule has 0 aromatic heterocycles. The summed E-state index contributed by atoms with van der Waals surface area (Å²) >= 11 is 0. The Morgan fingerprint density at radius 3 is 0.875 bits per heavy atom. The van der Waals surface area contributed by atoms with Crippen LogP contribution in [-0.2, 0) is 23.7 Å². The van der Waals surface area contributed by atoms with Gasteiger partial charge in [0.25, 0.3) is 0 Å². The molecule has 0 radical (unpaired) electrons. The summed E-state index contributed by atoms with van der Waals surface area (Å²) in [5.41, 5.74) is 0. The molecule has 0 aromatic carbocycles. The van der Waals surface area contributed by atoms with E-state index < -0.39 is 18.3 Å². The van der Waals surface area contributed by atoms with Gasteiger partial charge in [0, 0.05) is 33.0 Å². The van der Waals surface area contributed by atoms with Crippen LogP contribution in [0.1, 0.15) is 98.8 Å². The van der Waals surface area contributed by atoms with Crippen molar-refractivity contribution in [2.24, 2.45) is 0 Å². The van der Waals surface area contributed by atoms with Crippen molar-refractivity contribution in [1.29, 1.82) is 0 Å². The highest BCUT2D eigenvalue weighted by Gasteiger charge is 2.53. The number of ether oxygens (including phenoxy) is 5. The van der Waals surface area contributed by atoms with Crippen molar-refractivity contribution in [3.8, 4) is 0 Å². The Kier molecular flexibility index (Phi) is 17.8. The van der Waals surface area contributed by atoms with Crippen molar-refractivity contribution in [3.63, 3.8) is 0 Å². The first-order valence-electron chi connectivity index (χ1n) is 13.4. The molecule has 0 bridgehead atoms. The lowest BCUT2D eigenvalue weighted by atomic mass is 9.83. The van der Waals surface area contributed by atoms with E-state index in [0.29, 0.717) is 33.0 Å². The van der Waals surface area contributed by atoms with E-state index in [4.69, 9.17) is 23.7 Å². The summed E-state index contributed by atoms with van der Waals surface area (Å²) in [6, 6.07) is 0. The second-order valence-electron chi connectivity index (χ2n) is 8.94. The van der Waals surface area contributed by atoms with Crippen LogP contribution in [0.4, 0.5) is 0 Å². The van der Waals surface area contributed by atoms with Crippen LogP contribution in [0, 0.1) is 0 Å². The molecule has 6 heteroatoms. The molecule has 0 spiro atoms. The third-order valence-corrected chi connectivity index (χ3v) is 6.01. The highest BCUT2D eigenvalue weighted by Crippen LogP contribution is 2.33. The number of hydrogen-bond donors (Lipinski definition) is 1. The summed E-state index contributed by atoms with van der Waals surface area (Å²) in [7, 11) is 0. The van der Waals surface area contributed by atoms with E-state index in [2.05, 4.69) is 34.6 Å². The van der Waals surface area contributed by atoms with Crippen LogP contribution in [0.3, 0.4) is 0 Å². The molecule has 1 saturated carbocycles. The molecule has 4 unspecified atom stereocenters. The summed E-state index contributed by atoms with van der Waals surface area (Å²) in [4.78, 5) is 0. The lowest BCUT2D eigenvalue weighted by molar-refractivity contribution is -0.274. The molecule has 0 aliphatic heterocycles. The van der Waals surface area contributed by atoms with Gasteiger partial charge in [0.15, 0.2) is 0 Å². The predicted octanol–water partition coefficient (Wildman–Crippen LogP) is 5.29. The molecule has 1 aliphatic carbocycles. The molecule has 0 heterocycles. The third kappa shape index (κ3) is 10.4. The molecule has 1 aliphatic rings. The molecule has 32 heavy (non-hydrogen) atoms. The standard InChI is InChI=1S/C26H52O6/c1-6-11-16-28-22-21(27)23(29-17-12-7-2)25(31-19-14-9-4)26(32-20-15-10-5)24(22)30-18-13-8-3/h21-27H,6-20H2,1-5H3. The predicted molar refractivity (Wildman–Crippen MR) is 129 cm³/mol. The lowest BCUT2D eigenvalue weighted by Gasteiger charge is -2.48. The minimum absolute atomic E-state index is 0.322. The van der Waals surface area contributed by atoms with Crippen molar-refractivity contribution in [3.05, 3.63) is 0 Å². The Labute approximate surface area is 197 Å². The summed E-state index contributed by atoms with van der Waals surface area (Å²) < 4.78 is 31.6. The minimum Gasteiger partial charge on any atom is -0.387 e. The number of aliphatic hydroxyl groups is 1. The van der Waals surface area contributed by atoms with Crippen LogP contribution in [0.25, 0.3) is 0 Å². The van der Waals surface area contributed by atoms with Gasteiger partial charge < -0.3 is 28.8 Å². The minimum atomic E-state index is -0.812. The fourth-order valence-corrected chi connectivity index (χ4v) is 3.91. The van der Waals surface area contributed by atoms with Gasteiger partial charge in [-0.2, -0.15) is 0 Å².